The van der Waals surface area contributed by atoms with Gasteiger partial charge >= 0.3 is 0 Å². The van der Waals surface area contributed by atoms with Crippen molar-refractivity contribution in [2.75, 3.05) is 19.6 Å². The van der Waals surface area contributed by atoms with Crippen LogP contribution in [0.15, 0.2) is 12.7 Å². The fourth-order valence-electron chi connectivity index (χ4n) is 1.57. The molecule has 0 bridgehead atoms. The van der Waals surface area contributed by atoms with E-state index in [4.69, 9.17) is 5.73 Å². The largest absolute Gasteiger partial charge is 0.329 e. The first kappa shape index (κ1) is 14.7. The van der Waals surface area contributed by atoms with E-state index in [-0.39, 0.29) is 24.8 Å². The number of rotatable bonds is 3. The molecule has 0 radical (unpaired) electrons. The highest BCUT2D eigenvalue weighted by atomic mass is 35.5. The first-order valence-electron chi connectivity index (χ1n) is 3.93. The maximum absolute atomic E-state index is 5.58. The van der Waals surface area contributed by atoms with Crippen molar-refractivity contribution < 1.29 is 0 Å². The molecule has 1 aliphatic heterocycles. The monoisotopic (exact) mass is 212 g/mol. The van der Waals surface area contributed by atoms with Gasteiger partial charge in [-0.25, -0.2) is 0 Å². The molecule has 1 aliphatic rings. The van der Waals surface area contributed by atoms with Crippen molar-refractivity contribution in [1.29, 1.82) is 0 Å². The first-order valence-corrected chi connectivity index (χ1v) is 3.93. The van der Waals surface area contributed by atoms with Crippen molar-refractivity contribution in [3.05, 3.63) is 12.7 Å². The SMILES string of the molecule is C=CCN1CCC[C@H]1CN.Cl.Cl. The van der Waals surface area contributed by atoms with E-state index < -0.39 is 0 Å². The van der Waals surface area contributed by atoms with Crippen LogP contribution >= 0.6 is 24.8 Å². The van der Waals surface area contributed by atoms with Crippen LogP contribution in [-0.2, 0) is 0 Å². The molecule has 1 rings (SSSR count). The number of nitrogens with two attached hydrogens (primary N) is 1. The van der Waals surface area contributed by atoms with Crippen molar-refractivity contribution >= 4 is 24.8 Å². The summed E-state index contributed by atoms with van der Waals surface area (Å²) >= 11 is 0. The second-order valence-corrected chi connectivity index (χ2v) is 2.82. The molecule has 1 heterocycles. The highest BCUT2D eigenvalue weighted by Crippen LogP contribution is 2.14. The lowest BCUT2D eigenvalue weighted by Crippen LogP contribution is -2.35. The normalized spacial score (nSPS) is 22.6. The van der Waals surface area contributed by atoms with Crippen molar-refractivity contribution in [1.82, 2.24) is 4.90 Å². The number of hydrogen-bond acceptors (Lipinski definition) is 2. The van der Waals surface area contributed by atoms with Crippen LogP contribution in [0.1, 0.15) is 12.8 Å². The van der Waals surface area contributed by atoms with Crippen molar-refractivity contribution in [3.8, 4) is 0 Å². The van der Waals surface area contributed by atoms with Crippen molar-refractivity contribution in [2.45, 2.75) is 18.9 Å². The lowest BCUT2D eigenvalue weighted by atomic mass is 10.2. The molecular formula is C8H18Cl2N2. The van der Waals surface area contributed by atoms with E-state index in [9.17, 15) is 0 Å². The summed E-state index contributed by atoms with van der Waals surface area (Å²) in [6.45, 7) is 6.71. The van der Waals surface area contributed by atoms with Gasteiger partial charge in [-0.2, -0.15) is 0 Å². The molecule has 0 saturated carbocycles. The standard InChI is InChI=1S/C8H16N2.2ClH/c1-2-5-10-6-3-4-8(10)7-9;;/h2,8H,1,3-7,9H2;2*1H/t8-;;/m0../s1. The fraction of sp³-hybridized carbons (Fsp3) is 0.750. The lowest BCUT2D eigenvalue weighted by Gasteiger charge is -2.20. The molecule has 0 spiro atoms. The molecule has 0 amide bonds. The van der Waals surface area contributed by atoms with Crippen molar-refractivity contribution in [3.63, 3.8) is 0 Å². The van der Waals surface area contributed by atoms with E-state index in [1.165, 1.54) is 19.4 Å². The Labute approximate surface area is 87.0 Å². The van der Waals surface area contributed by atoms with E-state index in [1.807, 2.05) is 6.08 Å². The van der Waals surface area contributed by atoms with Crippen LogP contribution in [-0.4, -0.2) is 30.6 Å². The average molecular weight is 213 g/mol. The van der Waals surface area contributed by atoms with E-state index >= 15 is 0 Å². The Morgan fingerprint density at radius 1 is 1.50 bits per heavy atom. The molecule has 0 unspecified atom stereocenters. The van der Waals surface area contributed by atoms with Gasteiger partial charge < -0.3 is 5.73 Å². The maximum atomic E-state index is 5.58. The third-order valence-electron chi connectivity index (χ3n) is 2.13. The summed E-state index contributed by atoms with van der Waals surface area (Å²) in [4.78, 5) is 2.40. The zero-order valence-corrected chi connectivity index (χ0v) is 8.87. The van der Waals surface area contributed by atoms with Gasteiger partial charge in [0.2, 0.25) is 0 Å². The number of likely N-dealkylation sites (tertiary alicyclic amines) is 1. The number of nitrogens with zero attached hydrogens (tertiary/aromatic N) is 1. The number of hydrogen-bond donors (Lipinski definition) is 1. The van der Waals surface area contributed by atoms with Gasteiger partial charge in [-0.3, -0.25) is 4.90 Å². The zero-order chi connectivity index (χ0) is 7.40. The molecule has 1 atom stereocenters. The maximum Gasteiger partial charge on any atom is 0.0222 e. The van der Waals surface area contributed by atoms with Crippen molar-refractivity contribution in [2.24, 2.45) is 5.73 Å². The Hall–Kier alpha value is 0.240. The quantitative estimate of drug-likeness (QED) is 0.719. The summed E-state index contributed by atoms with van der Waals surface area (Å²) in [5.41, 5.74) is 5.58. The molecule has 0 aromatic heterocycles. The molecule has 2 nitrogen and oxygen atoms in total. The van der Waals surface area contributed by atoms with E-state index in [1.54, 1.807) is 0 Å². The minimum absolute atomic E-state index is 0. The smallest absolute Gasteiger partial charge is 0.0222 e. The second-order valence-electron chi connectivity index (χ2n) is 2.82. The minimum atomic E-state index is 0. The summed E-state index contributed by atoms with van der Waals surface area (Å²) < 4.78 is 0. The van der Waals surface area contributed by atoms with Gasteiger partial charge in [0.25, 0.3) is 0 Å². The second kappa shape index (κ2) is 7.87. The van der Waals surface area contributed by atoms with Gasteiger partial charge in [0, 0.05) is 19.1 Å². The Morgan fingerprint density at radius 3 is 2.67 bits per heavy atom. The van der Waals surface area contributed by atoms with Crippen LogP contribution in [0.5, 0.6) is 0 Å². The van der Waals surface area contributed by atoms with Gasteiger partial charge in [0.15, 0.2) is 0 Å². The fourth-order valence-corrected chi connectivity index (χ4v) is 1.57. The highest BCUT2D eigenvalue weighted by molar-refractivity contribution is 5.85. The Kier molecular flexibility index (Phi) is 9.67. The van der Waals surface area contributed by atoms with Crippen LogP contribution in [0, 0.1) is 0 Å². The van der Waals surface area contributed by atoms with Crippen LogP contribution in [0.3, 0.4) is 0 Å². The zero-order valence-electron chi connectivity index (χ0n) is 7.24. The molecule has 74 valence electrons. The molecule has 4 heteroatoms. The van der Waals surface area contributed by atoms with Crippen LogP contribution in [0.25, 0.3) is 0 Å². The summed E-state index contributed by atoms with van der Waals surface area (Å²) in [6.07, 6.45) is 4.52. The van der Waals surface area contributed by atoms with Gasteiger partial charge in [-0.1, -0.05) is 6.08 Å². The minimum Gasteiger partial charge on any atom is -0.329 e. The molecule has 1 saturated heterocycles. The highest BCUT2D eigenvalue weighted by Gasteiger charge is 2.20. The summed E-state index contributed by atoms with van der Waals surface area (Å²) in [7, 11) is 0. The summed E-state index contributed by atoms with van der Waals surface area (Å²) in [5.74, 6) is 0. The summed E-state index contributed by atoms with van der Waals surface area (Å²) in [6, 6.07) is 0.623. The van der Waals surface area contributed by atoms with Crippen LogP contribution in [0.2, 0.25) is 0 Å². The van der Waals surface area contributed by atoms with Gasteiger partial charge in [-0.15, -0.1) is 31.4 Å². The summed E-state index contributed by atoms with van der Waals surface area (Å²) in [5, 5.41) is 0. The Balaban J connectivity index is 0. The van der Waals surface area contributed by atoms with Crippen LogP contribution < -0.4 is 5.73 Å². The third-order valence-corrected chi connectivity index (χ3v) is 2.13. The molecular weight excluding hydrogens is 195 g/mol. The number of halogens is 2. The third kappa shape index (κ3) is 3.76. The first-order chi connectivity index (χ1) is 4.88. The lowest BCUT2D eigenvalue weighted by molar-refractivity contribution is 0.286. The van der Waals surface area contributed by atoms with Gasteiger partial charge in [-0.05, 0) is 19.4 Å². The molecule has 0 aliphatic carbocycles. The Bertz CT molecular complexity index is 120. The van der Waals surface area contributed by atoms with E-state index in [0.717, 1.165) is 13.1 Å². The molecule has 0 aromatic rings. The molecule has 1 fully saturated rings. The predicted molar refractivity (Wildman–Crippen MR) is 58.3 cm³/mol. The average Bonchev–Trinajstić information content (AvgIpc) is 2.36. The van der Waals surface area contributed by atoms with Gasteiger partial charge in [0.1, 0.15) is 0 Å². The van der Waals surface area contributed by atoms with E-state index in [2.05, 4.69) is 11.5 Å². The van der Waals surface area contributed by atoms with Crippen LogP contribution in [0.4, 0.5) is 0 Å². The molecule has 0 aromatic carbocycles. The van der Waals surface area contributed by atoms with Gasteiger partial charge in [0.05, 0.1) is 0 Å². The Morgan fingerprint density at radius 2 is 2.17 bits per heavy atom. The van der Waals surface area contributed by atoms with E-state index in [0.29, 0.717) is 6.04 Å². The topological polar surface area (TPSA) is 29.3 Å². The molecule has 2 N–H and O–H groups in total. The molecule has 12 heavy (non-hydrogen) atoms. The predicted octanol–water partition coefficient (Wildman–Crippen LogP) is 1.44.